The Morgan fingerprint density at radius 2 is 1.89 bits per heavy atom. The van der Waals surface area contributed by atoms with Gasteiger partial charge in [-0.15, -0.1) is 12.4 Å². The van der Waals surface area contributed by atoms with Crippen LogP contribution in [0.5, 0.6) is 0 Å². The Labute approximate surface area is 169 Å². The highest BCUT2D eigenvalue weighted by Gasteiger charge is 2.19. The summed E-state index contributed by atoms with van der Waals surface area (Å²) in [6.07, 6.45) is 1.20. The Bertz CT molecular complexity index is 712. The highest BCUT2D eigenvalue weighted by molar-refractivity contribution is 5.85. The molecule has 0 aliphatic carbocycles. The summed E-state index contributed by atoms with van der Waals surface area (Å²) >= 11 is 0. The molecule has 0 saturated heterocycles. The van der Waals surface area contributed by atoms with Gasteiger partial charge in [-0.05, 0) is 38.3 Å². The molecule has 2 rings (SSSR count). The van der Waals surface area contributed by atoms with Crippen molar-refractivity contribution in [2.24, 2.45) is 11.7 Å². The van der Waals surface area contributed by atoms with Crippen molar-refractivity contribution < 1.29 is 4.79 Å². The number of hydrogen-bond donors (Lipinski definition) is 1. The summed E-state index contributed by atoms with van der Waals surface area (Å²) in [5.74, 6) is 0.660. The van der Waals surface area contributed by atoms with Crippen molar-refractivity contribution in [2.45, 2.75) is 53.6 Å². The lowest BCUT2D eigenvalue weighted by atomic mass is 10.1. The van der Waals surface area contributed by atoms with E-state index in [2.05, 4.69) is 38.0 Å². The van der Waals surface area contributed by atoms with Crippen LogP contribution in [-0.4, -0.2) is 33.7 Å². The first-order valence-electron chi connectivity index (χ1n) is 9.47. The van der Waals surface area contributed by atoms with E-state index in [9.17, 15) is 4.79 Å². The molecule has 27 heavy (non-hydrogen) atoms. The molecule has 1 aromatic carbocycles. The lowest BCUT2D eigenvalue weighted by Gasteiger charge is -2.23. The van der Waals surface area contributed by atoms with E-state index in [1.54, 1.807) is 0 Å². The first-order chi connectivity index (χ1) is 12.4. The molecular formula is C21H33ClN4O. The second kappa shape index (κ2) is 11.1. The van der Waals surface area contributed by atoms with E-state index >= 15 is 0 Å². The lowest BCUT2D eigenvalue weighted by molar-refractivity contribution is -0.131. The highest BCUT2D eigenvalue weighted by atomic mass is 35.5. The fourth-order valence-corrected chi connectivity index (χ4v) is 3.15. The molecule has 0 spiro atoms. The maximum atomic E-state index is 13.0. The van der Waals surface area contributed by atoms with Gasteiger partial charge in [0.25, 0.3) is 0 Å². The van der Waals surface area contributed by atoms with Gasteiger partial charge in [0, 0.05) is 30.9 Å². The number of nitrogens with two attached hydrogens (primary N) is 1. The molecule has 0 radical (unpaired) electrons. The van der Waals surface area contributed by atoms with Crippen LogP contribution in [0.25, 0.3) is 0 Å². The molecule has 0 aliphatic heterocycles. The number of amides is 1. The van der Waals surface area contributed by atoms with Gasteiger partial charge >= 0.3 is 0 Å². The Hall–Kier alpha value is -1.85. The Morgan fingerprint density at radius 1 is 1.22 bits per heavy atom. The van der Waals surface area contributed by atoms with Gasteiger partial charge in [-0.1, -0.05) is 44.2 Å². The second-order valence-corrected chi connectivity index (χ2v) is 7.35. The van der Waals surface area contributed by atoms with Crippen molar-refractivity contribution >= 4 is 18.3 Å². The van der Waals surface area contributed by atoms with E-state index in [0.29, 0.717) is 32.0 Å². The summed E-state index contributed by atoms with van der Waals surface area (Å²) in [5, 5.41) is 4.63. The summed E-state index contributed by atoms with van der Waals surface area (Å²) in [4.78, 5) is 14.9. The summed E-state index contributed by atoms with van der Waals surface area (Å²) in [7, 11) is 0. The van der Waals surface area contributed by atoms with Gasteiger partial charge in [0.2, 0.25) is 5.91 Å². The molecule has 0 fully saturated rings. The minimum absolute atomic E-state index is 0. The smallest absolute Gasteiger partial charge is 0.227 e. The first kappa shape index (κ1) is 23.2. The fourth-order valence-electron chi connectivity index (χ4n) is 3.15. The molecule has 6 heteroatoms. The molecule has 2 aromatic rings. The number of hydrogen-bond acceptors (Lipinski definition) is 3. The predicted octanol–water partition coefficient (Wildman–Crippen LogP) is 3.50. The highest BCUT2D eigenvalue weighted by Crippen LogP contribution is 2.17. The monoisotopic (exact) mass is 392 g/mol. The first-order valence-corrected chi connectivity index (χ1v) is 9.47. The fraction of sp³-hybridized carbons (Fsp3) is 0.524. The third-order valence-electron chi connectivity index (χ3n) is 4.60. The maximum Gasteiger partial charge on any atom is 0.227 e. The van der Waals surface area contributed by atoms with Crippen molar-refractivity contribution in [1.29, 1.82) is 0 Å². The van der Waals surface area contributed by atoms with E-state index < -0.39 is 0 Å². The van der Waals surface area contributed by atoms with Crippen LogP contribution in [0.3, 0.4) is 0 Å². The lowest BCUT2D eigenvalue weighted by Crippen LogP contribution is -2.34. The number of benzene rings is 1. The van der Waals surface area contributed by atoms with Gasteiger partial charge in [-0.2, -0.15) is 5.10 Å². The number of aryl methyl sites for hydroxylation is 1. The van der Waals surface area contributed by atoms with Crippen LogP contribution >= 0.6 is 12.4 Å². The van der Waals surface area contributed by atoms with E-state index in [-0.39, 0.29) is 18.3 Å². The Balaban J connectivity index is 0.00000364. The Morgan fingerprint density at radius 3 is 2.48 bits per heavy atom. The van der Waals surface area contributed by atoms with Gasteiger partial charge in [-0.3, -0.25) is 9.48 Å². The number of carbonyl (C=O) groups excluding carboxylic acids is 1. The number of rotatable bonds is 9. The van der Waals surface area contributed by atoms with E-state index in [1.807, 2.05) is 34.7 Å². The van der Waals surface area contributed by atoms with Crippen molar-refractivity contribution in [3.05, 3.63) is 52.8 Å². The van der Waals surface area contributed by atoms with Crippen LogP contribution in [0.15, 0.2) is 30.3 Å². The third-order valence-corrected chi connectivity index (χ3v) is 4.60. The normalized spacial score (nSPS) is 10.7. The molecule has 0 bridgehead atoms. The van der Waals surface area contributed by atoms with Crippen molar-refractivity contribution in [1.82, 2.24) is 14.7 Å². The van der Waals surface area contributed by atoms with Gasteiger partial charge in [0.15, 0.2) is 0 Å². The minimum Gasteiger partial charge on any atom is -0.338 e. The van der Waals surface area contributed by atoms with Crippen molar-refractivity contribution in [3.63, 3.8) is 0 Å². The molecule has 0 atom stereocenters. The second-order valence-electron chi connectivity index (χ2n) is 7.35. The quantitative estimate of drug-likeness (QED) is 0.710. The molecule has 5 nitrogen and oxygen atoms in total. The van der Waals surface area contributed by atoms with Gasteiger partial charge in [0.1, 0.15) is 0 Å². The van der Waals surface area contributed by atoms with Crippen molar-refractivity contribution in [3.8, 4) is 0 Å². The molecular weight excluding hydrogens is 360 g/mol. The van der Waals surface area contributed by atoms with E-state index in [4.69, 9.17) is 5.73 Å². The van der Waals surface area contributed by atoms with Gasteiger partial charge in [-0.25, -0.2) is 0 Å². The molecule has 1 amide bonds. The molecule has 0 unspecified atom stereocenters. The number of halogens is 1. The minimum atomic E-state index is 0. The van der Waals surface area contributed by atoms with Crippen LogP contribution in [0.1, 0.15) is 42.8 Å². The zero-order chi connectivity index (χ0) is 19.1. The zero-order valence-corrected chi connectivity index (χ0v) is 17.8. The summed E-state index contributed by atoms with van der Waals surface area (Å²) in [5.41, 5.74) is 9.92. The number of nitrogens with zero attached hydrogens (tertiary/aromatic N) is 3. The molecule has 1 heterocycles. The van der Waals surface area contributed by atoms with E-state index in [0.717, 1.165) is 35.5 Å². The standard InChI is InChI=1S/C21H32N4O.ClH/c1-16(2)14-25-18(4)20(17(3)23-25)13-21(26)24(12-8-11-22)15-19-9-6-5-7-10-19;/h5-7,9-10,16H,8,11-15,22H2,1-4H3;1H. The van der Waals surface area contributed by atoms with Crippen LogP contribution in [0, 0.1) is 19.8 Å². The van der Waals surface area contributed by atoms with Crippen molar-refractivity contribution in [2.75, 3.05) is 13.1 Å². The average molecular weight is 393 g/mol. The SMILES string of the molecule is Cc1nn(CC(C)C)c(C)c1CC(=O)N(CCCN)Cc1ccccc1.Cl. The summed E-state index contributed by atoms with van der Waals surface area (Å²) in [6.45, 7) is 11.2. The van der Waals surface area contributed by atoms with Crippen LogP contribution in [-0.2, 0) is 24.3 Å². The van der Waals surface area contributed by atoms with Gasteiger partial charge in [0.05, 0.1) is 12.1 Å². The third kappa shape index (κ3) is 6.67. The molecule has 1 aromatic heterocycles. The Kier molecular flexibility index (Phi) is 9.53. The largest absolute Gasteiger partial charge is 0.338 e. The average Bonchev–Trinajstić information content (AvgIpc) is 2.86. The summed E-state index contributed by atoms with van der Waals surface area (Å²) < 4.78 is 2.03. The number of aromatic nitrogens is 2. The number of carbonyl (C=O) groups is 1. The van der Waals surface area contributed by atoms with Crippen LogP contribution in [0.4, 0.5) is 0 Å². The topological polar surface area (TPSA) is 64.2 Å². The van der Waals surface area contributed by atoms with E-state index in [1.165, 1.54) is 0 Å². The van der Waals surface area contributed by atoms with Gasteiger partial charge < -0.3 is 10.6 Å². The van der Waals surface area contributed by atoms with Crippen LogP contribution in [0.2, 0.25) is 0 Å². The zero-order valence-electron chi connectivity index (χ0n) is 16.9. The maximum absolute atomic E-state index is 13.0. The molecule has 2 N–H and O–H groups in total. The molecule has 150 valence electrons. The summed E-state index contributed by atoms with van der Waals surface area (Å²) in [6, 6.07) is 10.1. The predicted molar refractivity (Wildman–Crippen MR) is 113 cm³/mol. The van der Waals surface area contributed by atoms with Crippen LogP contribution < -0.4 is 5.73 Å². The molecule has 0 aliphatic rings. The molecule has 0 saturated carbocycles.